The van der Waals surface area contributed by atoms with Crippen LogP contribution in [0.5, 0.6) is 6.01 Å². The van der Waals surface area contributed by atoms with Gasteiger partial charge in [-0.05, 0) is 33.6 Å². The summed E-state index contributed by atoms with van der Waals surface area (Å²) in [4.78, 5) is 8.61. The second kappa shape index (κ2) is 6.14. The largest absolute Gasteiger partial charge is 0.463 e. The lowest BCUT2D eigenvalue weighted by atomic mass is 10.1. The zero-order valence-electron chi connectivity index (χ0n) is 12.4. The van der Waals surface area contributed by atoms with Crippen molar-refractivity contribution in [2.45, 2.75) is 53.6 Å². The number of hydrogen-bond donors (Lipinski definition) is 1. The molecule has 0 aliphatic carbocycles. The number of ether oxygens (including phenoxy) is 1. The summed E-state index contributed by atoms with van der Waals surface area (Å²) in [6, 6.07) is 0.473. The van der Waals surface area contributed by atoms with Gasteiger partial charge in [0.05, 0.1) is 6.61 Å². The molecule has 0 radical (unpaired) electrons. The Morgan fingerprint density at radius 2 is 2.00 bits per heavy atom. The smallest absolute Gasteiger partial charge is 0.316 e. The Balaban J connectivity index is 2.62. The minimum absolute atomic E-state index is 0.0965. The molecule has 0 spiro atoms. The number of aryl methyl sites for hydroxylation is 1. The van der Waals surface area contributed by atoms with E-state index in [1.807, 2.05) is 13.1 Å². The number of nitrogens with zero attached hydrogens (tertiary/aromatic N) is 2. The van der Waals surface area contributed by atoms with Gasteiger partial charge in [0, 0.05) is 29.5 Å². The molecule has 0 aliphatic rings. The van der Waals surface area contributed by atoms with Gasteiger partial charge in [0.1, 0.15) is 0 Å². The number of aromatic nitrogens is 2. The predicted octanol–water partition coefficient (Wildman–Crippen LogP) is 2.71. The van der Waals surface area contributed by atoms with Crippen molar-refractivity contribution in [1.29, 1.82) is 0 Å². The Labute approximate surface area is 110 Å². The SMILES string of the molecule is Cc1nc(OCC(C)C)ncc1CNC(C)(C)C. The summed E-state index contributed by atoms with van der Waals surface area (Å²) in [5.41, 5.74) is 2.18. The molecule has 0 unspecified atom stereocenters. The molecule has 0 aliphatic heterocycles. The first-order valence-electron chi connectivity index (χ1n) is 6.48. The van der Waals surface area contributed by atoms with E-state index in [-0.39, 0.29) is 5.54 Å². The first-order chi connectivity index (χ1) is 8.28. The van der Waals surface area contributed by atoms with Crippen molar-refractivity contribution in [1.82, 2.24) is 15.3 Å². The predicted molar refractivity (Wildman–Crippen MR) is 73.7 cm³/mol. The molecule has 0 atom stereocenters. The van der Waals surface area contributed by atoms with Gasteiger partial charge in [-0.25, -0.2) is 9.97 Å². The van der Waals surface area contributed by atoms with Gasteiger partial charge < -0.3 is 10.1 Å². The Morgan fingerprint density at radius 1 is 1.33 bits per heavy atom. The minimum atomic E-state index is 0.0965. The third kappa shape index (κ3) is 5.45. The molecule has 18 heavy (non-hydrogen) atoms. The van der Waals surface area contributed by atoms with Gasteiger partial charge in [-0.15, -0.1) is 0 Å². The molecule has 4 heteroatoms. The van der Waals surface area contributed by atoms with Gasteiger partial charge >= 0.3 is 6.01 Å². The summed E-state index contributed by atoms with van der Waals surface area (Å²) in [5.74, 6) is 0.483. The van der Waals surface area contributed by atoms with Crippen LogP contribution < -0.4 is 10.1 Å². The van der Waals surface area contributed by atoms with Gasteiger partial charge in [-0.2, -0.15) is 0 Å². The van der Waals surface area contributed by atoms with E-state index in [2.05, 4.69) is 49.9 Å². The molecule has 0 fully saturated rings. The lowest BCUT2D eigenvalue weighted by molar-refractivity contribution is 0.250. The van der Waals surface area contributed by atoms with Gasteiger partial charge in [-0.1, -0.05) is 13.8 Å². The maximum absolute atomic E-state index is 5.51. The van der Waals surface area contributed by atoms with E-state index in [1.165, 1.54) is 0 Å². The fraction of sp³-hybridized carbons (Fsp3) is 0.714. The van der Waals surface area contributed by atoms with E-state index in [9.17, 15) is 0 Å². The zero-order valence-corrected chi connectivity index (χ0v) is 12.4. The third-order valence-electron chi connectivity index (χ3n) is 2.41. The van der Waals surface area contributed by atoms with Gasteiger partial charge in [0.25, 0.3) is 0 Å². The van der Waals surface area contributed by atoms with Crippen LogP contribution in [0.3, 0.4) is 0 Å². The van der Waals surface area contributed by atoms with Crippen molar-refractivity contribution in [3.63, 3.8) is 0 Å². The molecule has 1 aromatic rings. The first-order valence-corrected chi connectivity index (χ1v) is 6.48. The van der Waals surface area contributed by atoms with Crippen LogP contribution in [0.4, 0.5) is 0 Å². The van der Waals surface area contributed by atoms with Gasteiger partial charge in [0.15, 0.2) is 0 Å². The maximum Gasteiger partial charge on any atom is 0.316 e. The molecule has 1 N–H and O–H groups in total. The van der Waals surface area contributed by atoms with E-state index in [4.69, 9.17) is 4.74 Å². The molecule has 1 heterocycles. The van der Waals surface area contributed by atoms with Crippen molar-refractivity contribution in [3.8, 4) is 6.01 Å². The third-order valence-corrected chi connectivity index (χ3v) is 2.41. The van der Waals surface area contributed by atoms with Crippen LogP contribution in [0.25, 0.3) is 0 Å². The second-order valence-electron chi connectivity index (χ2n) is 6.07. The van der Waals surface area contributed by atoms with E-state index >= 15 is 0 Å². The Bertz CT molecular complexity index is 383. The van der Waals surface area contributed by atoms with Crippen molar-refractivity contribution in [2.75, 3.05) is 6.61 Å². The zero-order chi connectivity index (χ0) is 13.8. The lowest BCUT2D eigenvalue weighted by Gasteiger charge is -2.21. The molecule has 1 aromatic heterocycles. The van der Waals surface area contributed by atoms with Crippen LogP contribution >= 0.6 is 0 Å². The van der Waals surface area contributed by atoms with E-state index in [0.29, 0.717) is 18.5 Å². The number of nitrogens with one attached hydrogen (secondary N) is 1. The highest BCUT2D eigenvalue weighted by Gasteiger charge is 2.11. The molecule has 1 rings (SSSR count). The second-order valence-corrected chi connectivity index (χ2v) is 6.07. The highest BCUT2D eigenvalue weighted by Crippen LogP contribution is 2.11. The molecule has 4 nitrogen and oxygen atoms in total. The first kappa shape index (κ1) is 14.9. The van der Waals surface area contributed by atoms with Crippen LogP contribution in [0.15, 0.2) is 6.20 Å². The summed E-state index contributed by atoms with van der Waals surface area (Å²) >= 11 is 0. The topological polar surface area (TPSA) is 47.0 Å². The molecular weight excluding hydrogens is 226 g/mol. The van der Waals surface area contributed by atoms with Crippen molar-refractivity contribution >= 4 is 0 Å². The summed E-state index contributed by atoms with van der Waals surface area (Å²) in [6.07, 6.45) is 1.84. The summed E-state index contributed by atoms with van der Waals surface area (Å²) in [6.45, 7) is 14.1. The monoisotopic (exact) mass is 251 g/mol. The van der Waals surface area contributed by atoms with Crippen LogP contribution in [-0.2, 0) is 6.54 Å². The summed E-state index contributed by atoms with van der Waals surface area (Å²) in [5, 5.41) is 3.43. The fourth-order valence-electron chi connectivity index (χ4n) is 1.32. The van der Waals surface area contributed by atoms with Crippen LogP contribution in [0.1, 0.15) is 45.9 Å². The standard InChI is InChI=1S/C14H25N3O/c1-10(2)9-18-13-15-7-12(11(3)17-13)8-16-14(4,5)6/h7,10,16H,8-9H2,1-6H3. The molecule has 0 aromatic carbocycles. The summed E-state index contributed by atoms with van der Waals surface area (Å²) in [7, 11) is 0. The minimum Gasteiger partial charge on any atom is -0.463 e. The molecule has 0 saturated carbocycles. The Kier molecular flexibility index (Phi) is 5.08. The molecule has 0 amide bonds. The van der Waals surface area contributed by atoms with E-state index in [1.54, 1.807) is 0 Å². The molecule has 0 saturated heterocycles. The maximum atomic E-state index is 5.51. The van der Waals surface area contributed by atoms with Crippen molar-refractivity contribution < 1.29 is 4.74 Å². The number of hydrogen-bond acceptors (Lipinski definition) is 4. The van der Waals surface area contributed by atoms with E-state index in [0.717, 1.165) is 17.8 Å². The number of rotatable bonds is 5. The Morgan fingerprint density at radius 3 is 2.50 bits per heavy atom. The highest BCUT2D eigenvalue weighted by molar-refractivity contribution is 5.17. The quantitative estimate of drug-likeness (QED) is 0.874. The average Bonchev–Trinajstić information content (AvgIpc) is 2.23. The molecule has 102 valence electrons. The van der Waals surface area contributed by atoms with E-state index < -0.39 is 0 Å². The van der Waals surface area contributed by atoms with Gasteiger partial charge in [0.2, 0.25) is 0 Å². The Hall–Kier alpha value is -1.16. The lowest BCUT2D eigenvalue weighted by Crippen LogP contribution is -2.35. The van der Waals surface area contributed by atoms with Crippen LogP contribution in [0.2, 0.25) is 0 Å². The van der Waals surface area contributed by atoms with Crippen LogP contribution in [0, 0.1) is 12.8 Å². The average molecular weight is 251 g/mol. The molecule has 0 bridgehead atoms. The van der Waals surface area contributed by atoms with Crippen molar-refractivity contribution in [2.24, 2.45) is 5.92 Å². The van der Waals surface area contributed by atoms with Crippen LogP contribution in [-0.4, -0.2) is 22.1 Å². The highest BCUT2D eigenvalue weighted by atomic mass is 16.5. The van der Waals surface area contributed by atoms with Crippen molar-refractivity contribution in [3.05, 3.63) is 17.5 Å². The summed E-state index contributed by atoms with van der Waals surface area (Å²) < 4.78 is 5.51. The molecular formula is C14H25N3O. The van der Waals surface area contributed by atoms with Gasteiger partial charge in [-0.3, -0.25) is 0 Å². The fourth-order valence-corrected chi connectivity index (χ4v) is 1.32. The normalized spacial score (nSPS) is 11.9.